The molecule has 4 nitrogen and oxygen atoms in total. The summed E-state index contributed by atoms with van der Waals surface area (Å²) in [5, 5.41) is 0.972. The van der Waals surface area contributed by atoms with E-state index in [0.717, 1.165) is 17.8 Å². The van der Waals surface area contributed by atoms with E-state index in [1.165, 1.54) is 95.9 Å². The van der Waals surface area contributed by atoms with Gasteiger partial charge in [0.2, 0.25) is 0 Å². The van der Waals surface area contributed by atoms with E-state index in [4.69, 9.17) is 17.1 Å². The van der Waals surface area contributed by atoms with Crippen LogP contribution < -0.4 is 0 Å². The van der Waals surface area contributed by atoms with Crippen molar-refractivity contribution in [2.75, 3.05) is 0 Å². The molecule has 3 atom stereocenters. The van der Waals surface area contributed by atoms with Crippen molar-refractivity contribution in [3.63, 3.8) is 0 Å². The van der Waals surface area contributed by atoms with E-state index < -0.39 is 34.5 Å². The summed E-state index contributed by atoms with van der Waals surface area (Å²) < 4.78 is 27.8. The molecule has 4 bridgehead atoms. The van der Waals surface area contributed by atoms with Gasteiger partial charge >= 0.3 is 9.53 Å². The molecule has 1 saturated heterocycles. The highest BCUT2D eigenvalue weighted by Gasteiger charge is 2.60. The fourth-order valence-corrected chi connectivity index (χ4v) is 25.4. The molecule has 0 aromatic carbocycles. The monoisotopic (exact) mass is 566 g/mol. The van der Waals surface area contributed by atoms with Gasteiger partial charge in [-0.2, -0.15) is 0 Å². The van der Waals surface area contributed by atoms with Crippen LogP contribution in [0.2, 0.25) is 55.4 Å². The number of hydrogen-bond acceptors (Lipinski definition) is 4. The number of epoxide rings is 1. The van der Waals surface area contributed by atoms with Gasteiger partial charge in [-0.05, 0) is 131 Å². The van der Waals surface area contributed by atoms with E-state index in [0.29, 0.717) is 22.3 Å². The van der Waals surface area contributed by atoms with Crippen molar-refractivity contribution >= 4 is 34.5 Å². The third-order valence-electron chi connectivity index (χ3n) is 12.5. The molecule has 0 amide bonds. The maximum Gasteiger partial charge on any atom is 0.452 e. The van der Waals surface area contributed by atoms with E-state index in [2.05, 4.69) is 39.3 Å². The van der Waals surface area contributed by atoms with Crippen molar-refractivity contribution in [3.8, 4) is 0 Å². The van der Waals surface area contributed by atoms with Gasteiger partial charge in [-0.3, -0.25) is 0 Å². The fraction of sp³-hybridized carbons (Fsp3) is 1.00. The first-order chi connectivity index (χ1) is 16.9. The van der Waals surface area contributed by atoms with Gasteiger partial charge in [-0.25, -0.2) is 0 Å². The normalized spacial score (nSPS) is 42.7. The molecule has 6 aliphatic rings. The lowest BCUT2D eigenvalue weighted by molar-refractivity contribution is 0.267. The molecule has 0 aromatic rings. The Morgan fingerprint density at radius 3 is 1.67 bits per heavy atom. The summed E-state index contributed by atoms with van der Waals surface area (Å²) in [7, 11) is -7.94. The second kappa shape index (κ2) is 9.38. The number of rotatable bonds is 11. The predicted octanol–water partition coefficient (Wildman–Crippen LogP) is 7.99. The molecule has 5 aliphatic carbocycles. The highest BCUT2D eigenvalue weighted by atomic mass is 28.5. The standard InChI is InChI=1S/C28H54O4Si4/c1-34(2,18-13-22-7-8-25-26(19-22)29-25)30-33(31-35(3,4)27-14-9-23(20-27)10-15-27)32-36(5,6)28-16-11-24(21-28)12-17-28/h22-26,33H,7-21H2,1-6H3. The average Bonchev–Trinajstić information content (AvgIpc) is 3.24. The molecule has 3 unspecified atom stereocenters. The summed E-state index contributed by atoms with van der Waals surface area (Å²) in [4.78, 5) is 0. The fourth-order valence-electron chi connectivity index (χ4n) is 9.50. The topological polar surface area (TPSA) is 40.2 Å². The third-order valence-corrected chi connectivity index (χ3v) is 30.1. The molecule has 0 radical (unpaired) electrons. The van der Waals surface area contributed by atoms with Crippen LogP contribution in [0.25, 0.3) is 0 Å². The summed E-state index contributed by atoms with van der Waals surface area (Å²) in [6.07, 6.45) is 20.6. The Labute approximate surface area is 226 Å². The van der Waals surface area contributed by atoms with Crippen LogP contribution in [0.3, 0.4) is 0 Å². The Hall–Kier alpha value is 0.708. The van der Waals surface area contributed by atoms with Gasteiger partial charge in [0.15, 0.2) is 25.0 Å². The first kappa shape index (κ1) is 26.9. The Balaban J connectivity index is 1.16. The molecule has 5 saturated carbocycles. The summed E-state index contributed by atoms with van der Waals surface area (Å²) >= 11 is 0. The van der Waals surface area contributed by atoms with E-state index in [1.54, 1.807) is 0 Å². The minimum Gasteiger partial charge on any atom is -0.419 e. The molecule has 6 rings (SSSR count). The van der Waals surface area contributed by atoms with Crippen LogP contribution in [0.4, 0.5) is 0 Å². The van der Waals surface area contributed by atoms with Gasteiger partial charge in [0, 0.05) is 0 Å². The maximum absolute atomic E-state index is 7.38. The van der Waals surface area contributed by atoms with Crippen LogP contribution in [0.1, 0.15) is 89.9 Å². The van der Waals surface area contributed by atoms with Crippen LogP contribution in [-0.4, -0.2) is 46.7 Å². The van der Waals surface area contributed by atoms with E-state index in [1.807, 2.05) is 0 Å². The summed E-state index contributed by atoms with van der Waals surface area (Å²) in [6, 6.07) is 1.25. The first-order valence-corrected chi connectivity index (χ1v) is 25.9. The van der Waals surface area contributed by atoms with Gasteiger partial charge in [0.1, 0.15) is 0 Å². The molecule has 1 heterocycles. The van der Waals surface area contributed by atoms with Gasteiger partial charge in [-0.1, -0.05) is 32.1 Å². The largest absolute Gasteiger partial charge is 0.452 e. The smallest absolute Gasteiger partial charge is 0.419 e. The van der Waals surface area contributed by atoms with Gasteiger partial charge in [0.25, 0.3) is 0 Å². The number of ether oxygens (including phenoxy) is 1. The van der Waals surface area contributed by atoms with Crippen LogP contribution >= 0.6 is 0 Å². The first-order valence-electron chi connectivity index (χ1n) is 15.6. The van der Waals surface area contributed by atoms with E-state index in [9.17, 15) is 0 Å². The lowest BCUT2D eigenvalue weighted by atomic mass is 9.88. The molecule has 36 heavy (non-hydrogen) atoms. The highest BCUT2D eigenvalue weighted by Crippen LogP contribution is 2.66. The van der Waals surface area contributed by atoms with Crippen LogP contribution in [0, 0.1) is 17.8 Å². The van der Waals surface area contributed by atoms with E-state index >= 15 is 0 Å². The van der Waals surface area contributed by atoms with Crippen molar-refractivity contribution in [2.24, 2.45) is 17.8 Å². The number of hydrogen-bond donors (Lipinski definition) is 0. The average molecular weight is 567 g/mol. The molecule has 206 valence electrons. The number of fused-ring (bicyclic) bond motifs is 5. The molecule has 1 aliphatic heterocycles. The predicted molar refractivity (Wildman–Crippen MR) is 157 cm³/mol. The van der Waals surface area contributed by atoms with Crippen molar-refractivity contribution in [1.29, 1.82) is 0 Å². The third kappa shape index (κ3) is 5.01. The van der Waals surface area contributed by atoms with Crippen LogP contribution in [0.5, 0.6) is 0 Å². The maximum atomic E-state index is 7.38. The van der Waals surface area contributed by atoms with Crippen molar-refractivity contribution < 1.29 is 17.1 Å². The summed E-state index contributed by atoms with van der Waals surface area (Å²) in [5.74, 6) is 2.78. The van der Waals surface area contributed by atoms with Crippen molar-refractivity contribution in [2.45, 2.75) is 158 Å². The minimum absolute atomic E-state index is 0.486. The molecule has 0 aromatic heterocycles. The Bertz CT molecular complexity index is 772. The van der Waals surface area contributed by atoms with E-state index in [-0.39, 0.29) is 0 Å². The zero-order chi connectivity index (χ0) is 25.4. The van der Waals surface area contributed by atoms with Gasteiger partial charge < -0.3 is 17.1 Å². The zero-order valence-electron chi connectivity index (χ0n) is 24.2. The molecule has 6 fully saturated rings. The Kier molecular flexibility index (Phi) is 7.01. The minimum atomic E-state index is -2.22. The van der Waals surface area contributed by atoms with Crippen LogP contribution in [0.15, 0.2) is 0 Å². The summed E-state index contributed by atoms with van der Waals surface area (Å²) in [6.45, 7) is 15.0. The SMILES string of the molecule is C[Si](C)(CCC1CCC2OC2C1)O[SiH](O[Si](C)(C)C12CCC(CC1)C2)O[Si](C)(C)C12CCC(CC1)C2. The second-order valence-electron chi connectivity index (χ2n) is 15.7. The summed E-state index contributed by atoms with van der Waals surface area (Å²) in [5.41, 5.74) is 0. The highest BCUT2D eigenvalue weighted by molar-refractivity contribution is 6.86. The Morgan fingerprint density at radius 1 is 0.694 bits per heavy atom. The quantitative estimate of drug-likeness (QED) is 0.188. The molecule has 0 spiro atoms. The molecular formula is C28H54O4Si4. The molecular weight excluding hydrogens is 513 g/mol. The lowest BCUT2D eigenvalue weighted by Gasteiger charge is -2.47. The molecule has 8 heteroatoms. The van der Waals surface area contributed by atoms with Crippen molar-refractivity contribution in [1.82, 2.24) is 0 Å². The lowest BCUT2D eigenvalue weighted by Crippen LogP contribution is -2.57. The zero-order valence-corrected chi connectivity index (χ0v) is 28.4. The molecule has 0 N–H and O–H groups in total. The van der Waals surface area contributed by atoms with Gasteiger partial charge in [-0.15, -0.1) is 0 Å². The van der Waals surface area contributed by atoms with Crippen molar-refractivity contribution in [3.05, 3.63) is 0 Å². The Morgan fingerprint density at radius 2 is 1.22 bits per heavy atom. The van der Waals surface area contributed by atoms with Gasteiger partial charge in [0.05, 0.1) is 12.2 Å². The second-order valence-corrected chi connectivity index (χ2v) is 31.3. The van der Waals surface area contributed by atoms with Crippen LogP contribution in [-0.2, 0) is 17.1 Å².